The van der Waals surface area contributed by atoms with Crippen LogP contribution in [0, 0.1) is 11.6 Å². The maximum atomic E-state index is 13.0. The van der Waals surface area contributed by atoms with Gasteiger partial charge < -0.3 is 0 Å². The Morgan fingerprint density at radius 2 is 1.75 bits per heavy atom. The van der Waals surface area contributed by atoms with Crippen molar-refractivity contribution in [3.8, 4) is 0 Å². The van der Waals surface area contributed by atoms with Crippen LogP contribution in [0.5, 0.6) is 0 Å². The molecule has 0 amide bonds. The molecule has 0 saturated carbocycles. The molecule has 1 aromatic rings. The number of nitrogens with zero attached hydrogens (tertiary/aromatic N) is 1. The molecule has 0 bridgehead atoms. The fraction of sp³-hybridized carbons (Fsp3) is 0.500. The highest BCUT2D eigenvalue weighted by Gasteiger charge is 2.06. The lowest BCUT2D eigenvalue weighted by Crippen LogP contribution is -2.26. The molecule has 0 N–H and O–H groups in total. The summed E-state index contributed by atoms with van der Waals surface area (Å²) in [5.41, 5.74) is 0.649. The maximum absolute atomic E-state index is 13.0. The smallest absolute Gasteiger partial charge is 0.126 e. The van der Waals surface area contributed by atoms with Gasteiger partial charge in [-0.15, -0.1) is 11.6 Å². The van der Waals surface area contributed by atoms with Crippen LogP contribution in [-0.2, 0) is 6.54 Å². The van der Waals surface area contributed by atoms with E-state index in [4.69, 9.17) is 11.6 Å². The third-order valence-electron chi connectivity index (χ3n) is 2.27. The summed E-state index contributed by atoms with van der Waals surface area (Å²) in [4.78, 5) is 2.08. The van der Waals surface area contributed by atoms with Gasteiger partial charge in [-0.3, -0.25) is 4.90 Å². The predicted octanol–water partition coefficient (Wildman–Crippen LogP) is 3.42. The molecular formula is C12H16ClF2N. The van der Waals surface area contributed by atoms with E-state index in [1.807, 2.05) is 0 Å². The van der Waals surface area contributed by atoms with Crippen molar-refractivity contribution in [1.82, 2.24) is 4.90 Å². The molecule has 0 heterocycles. The van der Waals surface area contributed by atoms with Crippen LogP contribution in [0.4, 0.5) is 8.78 Å². The monoisotopic (exact) mass is 247 g/mol. The van der Waals surface area contributed by atoms with E-state index in [2.05, 4.69) is 11.8 Å². The summed E-state index contributed by atoms with van der Waals surface area (Å²) in [6, 6.07) is 3.61. The Labute approximate surface area is 100 Å². The number of rotatable bonds is 6. The summed E-state index contributed by atoms with van der Waals surface area (Å²) in [6.45, 7) is 4.21. The van der Waals surface area contributed by atoms with Crippen LogP contribution < -0.4 is 0 Å². The lowest BCUT2D eigenvalue weighted by molar-refractivity contribution is 0.281. The zero-order valence-corrected chi connectivity index (χ0v) is 10.1. The van der Waals surface area contributed by atoms with Crippen molar-refractivity contribution in [2.45, 2.75) is 19.9 Å². The molecule has 1 nitrogen and oxygen atoms in total. The van der Waals surface area contributed by atoms with Crippen molar-refractivity contribution in [3.63, 3.8) is 0 Å². The van der Waals surface area contributed by atoms with Crippen molar-refractivity contribution in [2.75, 3.05) is 19.0 Å². The standard InChI is InChI=1S/C12H16ClF2N/c1-2-4-16(5-3-13)9-10-6-11(14)8-12(15)7-10/h6-8H,2-5,9H2,1H3. The van der Waals surface area contributed by atoms with Gasteiger partial charge in [0, 0.05) is 25.0 Å². The molecule has 0 saturated heterocycles. The summed E-state index contributed by atoms with van der Waals surface area (Å²) in [7, 11) is 0. The van der Waals surface area contributed by atoms with Gasteiger partial charge >= 0.3 is 0 Å². The molecule has 0 aromatic heterocycles. The van der Waals surface area contributed by atoms with E-state index in [0.29, 0.717) is 18.0 Å². The molecule has 4 heteroatoms. The lowest BCUT2D eigenvalue weighted by atomic mass is 10.2. The molecule has 0 fully saturated rings. The van der Waals surface area contributed by atoms with Crippen LogP contribution >= 0.6 is 11.6 Å². The van der Waals surface area contributed by atoms with E-state index in [1.165, 1.54) is 12.1 Å². The lowest BCUT2D eigenvalue weighted by Gasteiger charge is -2.20. The second-order valence-electron chi connectivity index (χ2n) is 3.74. The SMILES string of the molecule is CCCN(CCCl)Cc1cc(F)cc(F)c1. The van der Waals surface area contributed by atoms with Gasteiger partial charge in [0.15, 0.2) is 0 Å². The minimum Gasteiger partial charge on any atom is -0.298 e. The van der Waals surface area contributed by atoms with Gasteiger partial charge in [-0.2, -0.15) is 0 Å². The number of alkyl halides is 1. The highest BCUT2D eigenvalue weighted by atomic mass is 35.5. The van der Waals surface area contributed by atoms with Gasteiger partial charge in [-0.25, -0.2) is 8.78 Å². The Bertz CT molecular complexity index is 305. The molecule has 0 unspecified atom stereocenters. The first-order valence-corrected chi connectivity index (χ1v) is 5.92. The average molecular weight is 248 g/mol. The maximum Gasteiger partial charge on any atom is 0.126 e. The van der Waals surface area contributed by atoms with E-state index in [9.17, 15) is 8.78 Å². The number of hydrogen-bond donors (Lipinski definition) is 0. The fourth-order valence-electron chi connectivity index (χ4n) is 1.67. The average Bonchev–Trinajstić information content (AvgIpc) is 2.16. The van der Waals surface area contributed by atoms with Gasteiger partial charge in [0.05, 0.1) is 0 Å². The predicted molar refractivity (Wildman–Crippen MR) is 62.6 cm³/mol. The van der Waals surface area contributed by atoms with Crippen molar-refractivity contribution in [3.05, 3.63) is 35.4 Å². The summed E-state index contributed by atoms with van der Waals surface area (Å²) in [5.74, 6) is -0.535. The Kier molecular flexibility index (Phi) is 5.71. The van der Waals surface area contributed by atoms with Gasteiger partial charge in [-0.05, 0) is 30.7 Å². The summed E-state index contributed by atoms with van der Waals surface area (Å²) in [6.07, 6.45) is 0.995. The topological polar surface area (TPSA) is 3.24 Å². The molecule has 0 radical (unpaired) electrons. The Morgan fingerprint density at radius 1 is 1.12 bits per heavy atom. The Balaban J connectivity index is 2.68. The second-order valence-corrected chi connectivity index (χ2v) is 4.12. The molecule has 90 valence electrons. The molecule has 0 aliphatic rings. The van der Waals surface area contributed by atoms with E-state index in [-0.39, 0.29) is 0 Å². The van der Waals surface area contributed by atoms with Crippen LogP contribution in [0.1, 0.15) is 18.9 Å². The molecule has 1 rings (SSSR count). The first kappa shape index (κ1) is 13.4. The van der Waals surface area contributed by atoms with E-state index >= 15 is 0 Å². The molecule has 0 aliphatic carbocycles. The minimum absolute atomic E-state index is 0.526. The van der Waals surface area contributed by atoms with Crippen LogP contribution in [0.15, 0.2) is 18.2 Å². The van der Waals surface area contributed by atoms with Gasteiger partial charge in [0.25, 0.3) is 0 Å². The molecule has 0 atom stereocenters. The molecular weight excluding hydrogens is 232 g/mol. The zero-order chi connectivity index (χ0) is 12.0. The number of hydrogen-bond acceptors (Lipinski definition) is 1. The number of benzene rings is 1. The Hall–Kier alpha value is -0.670. The summed E-state index contributed by atoms with van der Waals surface area (Å²) in [5, 5.41) is 0. The van der Waals surface area contributed by atoms with E-state index < -0.39 is 11.6 Å². The third-order valence-corrected chi connectivity index (χ3v) is 2.44. The van der Waals surface area contributed by atoms with Gasteiger partial charge in [-0.1, -0.05) is 6.92 Å². The third kappa shape index (κ3) is 4.45. The number of halogens is 3. The van der Waals surface area contributed by atoms with Crippen LogP contribution in [0.25, 0.3) is 0 Å². The molecule has 0 spiro atoms. The zero-order valence-electron chi connectivity index (χ0n) is 9.35. The highest BCUT2D eigenvalue weighted by Crippen LogP contribution is 2.11. The summed E-state index contributed by atoms with van der Waals surface area (Å²) >= 11 is 5.67. The molecule has 16 heavy (non-hydrogen) atoms. The normalized spacial score (nSPS) is 11.1. The fourth-order valence-corrected chi connectivity index (χ4v) is 1.91. The Morgan fingerprint density at radius 3 is 2.25 bits per heavy atom. The van der Waals surface area contributed by atoms with Crippen molar-refractivity contribution < 1.29 is 8.78 Å². The minimum atomic E-state index is -0.530. The molecule has 1 aromatic carbocycles. The van der Waals surface area contributed by atoms with Crippen LogP contribution in [-0.4, -0.2) is 23.9 Å². The molecule has 0 aliphatic heterocycles. The van der Waals surface area contributed by atoms with Crippen LogP contribution in [0.3, 0.4) is 0 Å². The van der Waals surface area contributed by atoms with E-state index in [1.54, 1.807) is 0 Å². The first-order valence-electron chi connectivity index (χ1n) is 5.39. The van der Waals surface area contributed by atoms with Crippen LogP contribution in [0.2, 0.25) is 0 Å². The quantitative estimate of drug-likeness (QED) is 0.697. The van der Waals surface area contributed by atoms with Crippen molar-refractivity contribution >= 4 is 11.6 Å². The highest BCUT2D eigenvalue weighted by molar-refractivity contribution is 6.18. The van der Waals surface area contributed by atoms with Gasteiger partial charge in [0.1, 0.15) is 11.6 Å². The summed E-state index contributed by atoms with van der Waals surface area (Å²) < 4.78 is 25.9. The second kappa shape index (κ2) is 6.81. The largest absolute Gasteiger partial charge is 0.298 e. The van der Waals surface area contributed by atoms with E-state index in [0.717, 1.165) is 25.6 Å². The van der Waals surface area contributed by atoms with Gasteiger partial charge in [0.2, 0.25) is 0 Å². The van der Waals surface area contributed by atoms with Crippen molar-refractivity contribution in [2.24, 2.45) is 0 Å². The first-order chi connectivity index (χ1) is 7.65. The van der Waals surface area contributed by atoms with Crippen molar-refractivity contribution in [1.29, 1.82) is 0 Å².